The van der Waals surface area contributed by atoms with Gasteiger partial charge in [0.2, 0.25) is 5.95 Å². The summed E-state index contributed by atoms with van der Waals surface area (Å²) in [6.07, 6.45) is 1.73. The highest BCUT2D eigenvalue weighted by atomic mass is 16.3. The summed E-state index contributed by atoms with van der Waals surface area (Å²) in [6.45, 7) is 5.02. The van der Waals surface area contributed by atoms with Crippen LogP contribution in [0.15, 0.2) is 47.4 Å². The van der Waals surface area contributed by atoms with Crippen LogP contribution in [0.5, 0.6) is 5.75 Å². The minimum Gasteiger partial charge on any atom is -0.508 e. The number of phenolic OH excluding ortho intramolecular Hbond substituents is 1. The minimum absolute atomic E-state index is 0.112. The molecule has 1 aliphatic rings. The van der Waals surface area contributed by atoms with Crippen LogP contribution in [0.2, 0.25) is 0 Å². The Balaban J connectivity index is 1.47. The van der Waals surface area contributed by atoms with Crippen molar-refractivity contribution in [2.24, 2.45) is 7.05 Å². The second-order valence-corrected chi connectivity index (χ2v) is 7.02. The van der Waals surface area contributed by atoms with Gasteiger partial charge in [-0.15, -0.1) is 0 Å². The molecule has 0 aliphatic carbocycles. The molecule has 1 aliphatic heterocycles. The first-order valence-electron chi connectivity index (χ1n) is 9.43. The summed E-state index contributed by atoms with van der Waals surface area (Å²) in [6, 6.07) is 10.4. The largest absolute Gasteiger partial charge is 0.508 e. The molecule has 0 saturated carbocycles. The van der Waals surface area contributed by atoms with Gasteiger partial charge in [0.05, 0.1) is 11.9 Å². The molecule has 0 bridgehead atoms. The van der Waals surface area contributed by atoms with Gasteiger partial charge >= 0.3 is 0 Å². The number of aromatic nitrogens is 4. The second-order valence-electron chi connectivity index (χ2n) is 7.02. The third kappa shape index (κ3) is 4.29. The number of hydrogen-bond acceptors (Lipinski definition) is 8. The summed E-state index contributed by atoms with van der Waals surface area (Å²) >= 11 is 0. The van der Waals surface area contributed by atoms with Gasteiger partial charge < -0.3 is 20.2 Å². The van der Waals surface area contributed by atoms with Crippen LogP contribution >= 0.6 is 0 Å². The van der Waals surface area contributed by atoms with Crippen molar-refractivity contribution in [2.45, 2.75) is 6.92 Å². The topological polar surface area (TPSA) is 99.4 Å². The predicted octanol–water partition coefficient (Wildman–Crippen LogP) is 1.65. The molecule has 9 heteroatoms. The number of nitrogens with zero attached hydrogens (tertiary/aromatic N) is 6. The van der Waals surface area contributed by atoms with Crippen LogP contribution in [0, 0.1) is 6.92 Å². The van der Waals surface area contributed by atoms with Gasteiger partial charge in [-0.1, -0.05) is 6.07 Å². The number of nitrogens with one attached hydrogen (secondary N) is 1. The zero-order valence-corrected chi connectivity index (χ0v) is 16.4. The molecule has 0 unspecified atom stereocenters. The van der Waals surface area contributed by atoms with Crippen molar-refractivity contribution in [1.29, 1.82) is 0 Å². The third-order valence-corrected chi connectivity index (χ3v) is 4.87. The van der Waals surface area contributed by atoms with E-state index in [2.05, 4.69) is 30.2 Å². The number of phenols is 1. The molecule has 9 nitrogen and oxygen atoms in total. The number of hydrogen-bond donors (Lipinski definition) is 2. The molecule has 0 radical (unpaired) electrons. The Bertz CT molecular complexity index is 1070. The van der Waals surface area contributed by atoms with Crippen LogP contribution < -0.4 is 20.7 Å². The molecule has 1 aromatic carbocycles. The van der Waals surface area contributed by atoms with Gasteiger partial charge in [0, 0.05) is 62.8 Å². The number of aryl methyl sites for hydroxylation is 2. The lowest BCUT2D eigenvalue weighted by atomic mass is 10.2. The molecule has 3 heterocycles. The first kappa shape index (κ1) is 18.7. The zero-order chi connectivity index (χ0) is 20.4. The fraction of sp³-hybridized carbons (Fsp3) is 0.300. The maximum Gasteiger partial charge on any atom is 0.268 e. The quantitative estimate of drug-likeness (QED) is 0.690. The Morgan fingerprint density at radius 3 is 2.52 bits per heavy atom. The number of aromatic hydroxyl groups is 1. The zero-order valence-electron chi connectivity index (χ0n) is 16.4. The summed E-state index contributed by atoms with van der Waals surface area (Å²) < 4.78 is 1.32. The number of rotatable bonds is 4. The van der Waals surface area contributed by atoms with Crippen molar-refractivity contribution in [1.82, 2.24) is 19.7 Å². The van der Waals surface area contributed by atoms with E-state index in [1.165, 1.54) is 4.68 Å². The lowest BCUT2D eigenvalue weighted by Crippen LogP contribution is -2.47. The summed E-state index contributed by atoms with van der Waals surface area (Å²) in [5.41, 5.74) is 2.32. The Hall–Kier alpha value is -3.62. The molecule has 3 aromatic rings. The molecular formula is C20H23N7O2. The third-order valence-electron chi connectivity index (χ3n) is 4.87. The lowest BCUT2D eigenvalue weighted by Gasteiger charge is -2.36. The van der Waals surface area contributed by atoms with Crippen molar-refractivity contribution in [3.8, 4) is 5.75 Å². The average molecular weight is 393 g/mol. The highest BCUT2D eigenvalue weighted by Crippen LogP contribution is 2.22. The summed E-state index contributed by atoms with van der Waals surface area (Å²) in [7, 11) is 1.64. The standard InChI is InChI=1S/C20H23N7O2/c1-14-10-18(24-20(22-14)23-15-4-3-5-17(28)11-15)27-8-6-26(7-9-27)16-12-19(29)25(2)21-13-16/h3-5,10-13,28H,6-9H2,1-2H3,(H,22,23,24). The van der Waals surface area contributed by atoms with E-state index in [1.807, 2.05) is 19.1 Å². The molecule has 2 N–H and O–H groups in total. The van der Waals surface area contributed by atoms with Crippen molar-refractivity contribution < 1.29 is 5.11 Å². The molecule has 1 fully saturated rings. The van der Waals surface area contributed by atoms with Crippen molar-refractivity contribution in [2.75, 3.05) is 41.3 Å². The van der Waals surface area contributed by atoms with Crippen molar-refractivity contribution in [3.63, 3.8) is 0 Å². The molecule has 2 aromatic heterocycles. The first-order valence-corrected chi connectivity index (χ1v) is 9.43. The highest BCUT2D eigenvalue weighted by Gasteiger charge is 2.20. The summed E-state index contributed by atoms with van der Waals surface area (Å²) in [5, 5.41) is 16.9. The normalized spacial score (nSPS) is 14.1. The van der Waals surface area contributed by atoms with E-state index in [1.54, 1.807) is 37.5 Å². The first-order chi connectivity index (χ1) is 14.0. The van der Waals surface area contributed by atoms with Crippen LogP contribution in [-0.4, -0.2) is 51.0 Å². The van der Waals surface area contributed by atoms with Crippen LogP contribution in [0.3, 0.4) is 0 Å². The Labute approximate surface area is 168 Å². The molecule has 150 valence electrons. The van der Waals surface area contributed by atoms with Crippen molar-refractivity contribution in [3.05, 3.63) is 58.6 Å². The molecule has 0 amide bonds. The van der Waals surface area contributed by atoms with Gasteiger partial charge in [0.1, 0.15) is 11.6 Å². The number of benzene rings is 1. The fourth-order valence-electron chi connectivity index (χ4n) is 3.31. The second kappa shape index (κ2) is 7.78. The molecule has 4 rings (SSSR count). The summed E-state index contributed by atoms with van der Waals surface area (Å²) in [4.78, 5) is 25.3. The van der Waals surface area contributed by atoms with Crippen LogP contribution in [0.25, 0.3) is 0 Å². The Morgan fingerprint density at radius 2 is 1.79 bits per heavy atom. The van der Waals surface area contributed by atoms with E-state index in [0.29, 0.717) is 5.95 Å². The van der Waals surface area contributed by atoms with E-state index < -0.39 is 0 Å². The molecular weight excluding hydrogens is 370 g/mol. The number of anilines is 4. The molecule has 1 saturated heterocycles. The summed E-state index contributed by atoms with van der Waals surface area (Å²) in [5.74, 6) is 1.52. The van der Waals surface area contributed by atoms with Crippen LogP contribution in [0.1, 0.15) is 5.69 Å². The average Bonchev–Trinajstić information content (AvgIpc) is 2.70. The highest BCUT2D eigenvalue weighted by molar-refractivity contribution is 5.58. The van der Waals surface area contributed by atoms with E-state index in [9.17, 15) is 9.90 Å². The predicted molar refractivity (Wildman–Crippen MR) is 112 cm³/mol. The van der Waals surface area contributed by atoms with E-state index in [0.717, 1.165) is 49.1 Å². The monoisotopic (exact) mass is 393 g/mol. The smallest absolute Gasteiger partial charge is 0.268 e. The van der Waals surface area contributed by atoms with Gasteiger partial charge in [-0.3, -0.25) is 4.79 Å². The minimum atomic E-state index is -0.112. The maximum atomic E-state index is 11.8. The van der Waals surface area contributed by atoms with Gasteiger partial charge in [-0.2, -0.15) is 10.1 Å². The van der Waals surface area contributed by atoms with Gasteiger partial charge in [0.25, 0.3) is 5.56 Å². The van der Waals surface area contributed by atoms with Crippen LogP contribution in [0.4, 0.5) is 23.1 Å². The number of piperazine rings is 1. The van der Waals surface area contributed by atoms with Gasteiger partial charge in [-0.05, 0) is 19.1 Å². The van der Waals surface area contributed by atoms with E-state index in [-0.39, 0.29) is 11.3 Å². The lowest BCUT2D eigenvalue weighted by molar-refractivity contribution is 0.475. The Kier molecular flexibility index (Phi) is 5.03. The molecule has 0 spiro atoms. The van der Waals surface area contributed by atoms with Crippen LogP contribution in [-0.2, 0) is 7.05 Å². The van der Waals surface area contributed by atoms with Gasteiger partial charge in [-0.25, -0.2) is 9.67 Å². The van der Waals surface area contributed by atoms with Crippen molar-refractivity contribution >= 4 is 23.1 Å². The van der Waals surface area contributed by atoms with Gasteiger partial charge in [0.15, 0.2) is 0 Å². The molecule has 0 atom stereocenters. The Morgan fingerprint density at radius 1 is 1.03 bits per heavy atom. The SMILES string of the molecule is Cc1cc(N2CCN(c3cnn(C)c(=O)c3)CC2)nc(Nc2cccc(O)c2)n1. The van der Waals surface area contributed by atoms with E-state index >= 15 is 0 Å². The van der Waals surface area contributed by atoms with E-state index in [4.69, 9.17) is 0 Å². The molecule has 29 heavy (non-hydrogen) atoms. The maximum absolute atomic E-state index is 11.8. The fourth-order valence-corrected chi connectivity index (χ4v) is 3.31.